The van der Waals surface area contributed by atoms with Gasteiger partial charge in [0.2, 0.25) is 10.0 Å². The van der Waals surface area contributed by atoms with Crippen molar-refractivity contribution in [2.24, 2.45) is 5.92 Å². The van der Waals surface area contributed by atoms with Gasteiger partial charge in [-0.1, -0.05) is 68.0 Å². The molecule has 1 N–H and O–H groups in total. The van der Waals surface area contributed by atoms with Gasteiger partial charge in [-0.25, -0.2) is 18.4 Å². The van der Waals surface area contributed by atoms with E-state index in [1.807, 2.05) is 36.4 Å². The number of phenolic OH excluding ortho intramolecular Hbond substituents is 1. The van der Waals surface area contributed by atoms with E-state index in [4.69, 9.17) is 16.6 Å². The van der Waals surface area contributed by atoms with Crippen molar-refractivity contribution in [2.45, 2.75) is 64.3 Å². The third-order valence-corrected chi connectivity index (χ3v) is 8.70. The number of hydrogen-bond acceptors (Lipinski definition) is 5. The Kier molecular flexibility index (Phi) is 9.57. The second-order valence-electron chi connectivity index (χ2n) is 10.1. The van der Waals surface area contributed by atoms with Crippen molar-refractivity contribution in [1.82, 2.24) is 14.3 Å². The molecule has 1 saturated carbocycles. The fraction of sp³-hybridized carbons (Fsp3) is 0.448. The van der Waals surface area contributed by atoms with Crippen LogP contribution >= 0.6 is 11.6 Å². The van der Waals surface area contributed by atoms with Gasteiger partial charge in [0.1, 0.15) is 11.6 Å². The van der Waals surface area contributed by atoms with E-state index >= 15 is 0 Å². The van der Waals surface area contributed by atoms with Gasteiger partial charge in [-0.05, 0) is 60.6 Å². The maximum Gasteiger partial charge on any atom is 0.211 e. The Balaban J connectivity index is 1.39. The zero-order chi connectivity index (χ0) is 26.3. The molecule has 1 heterocycles. The number of aryl methyl sites for hydroxylation is 2. The lowest BCUT2D eigenvalue weighted by atomic mass is 9.87. The Morgan fingerprint density at radius 2 is 1.84 bits per heavy atom. The summed E-state index contributed by atoms with van der Waals surface area (Å²) >= 11 is 6.01. The number of nitrogens with zero attached hydrogens (tertiary/aromatic N) is 3. The Hall–Kier alpha value is -2.48. The molecular weight excluding hydrogens is 506 g/mol. The van der Waals surface area contributed by atoms with Crippen LogP contribution in [0.2, 0.25) is 5.02 Å². The Bertz CT molecular complexity index is 1290. The first-order chi connectivity index (χ1) is 17.8. The molecule has 1 fully saturated rings. The molecule has 37 heavy (non-hydrogen) atoms. The average Bonchev–Trinajstić information content (AvgIpc) is 2.89. The van der Waals surface area contributed by atoms with Crippen LogP contribution in [-0.2, 0) is 29.4 Å². The Morgan fingerprint density at radius 3 is 2.59 bits per heavy atom. The minimum absolute atomic E-state index is 0.0903. The Labute approximate surface area is 225 Å². The number of benzene rings is 2. The molecule has 4 rings (SSSR count). The molecule has 8 heteroatoms. The van der Waals surface area contributed by atoms with Gasteiger partial charge in [-0.2, -0.15) is 4.31 Å². The Morgan fingerprint density at radius 1 is 1.03 bits per heavy atom. The highest BCUT2D eigenvalue weighted by Gasteiger charge is 2.21. The first-order valence-corrected chi connectivity index (χ1v) is 15.3. The molecule has 0 radical (unpaired) electrons. The quantitative estimate of drug-likeness (QED) is 0.303. The summed E-state index contributed by atoms with van der Waals surface area (Å²) in [6.45, 7) is 0.935. The first-order valence-electron chi connectivity index (χ1n) is 13.1. The van der Waals surface area contributed by atoms with Crippen molar-refractivity contribution < 1.29 is 13.5 Å². The number of halogens is 1. The summed E-state index contributed by atoms with van der Waals surface area (Å²) in [5.41, 5.74) is 3.79. The van der Waals surface area contributed by atoms with Gasteiger partial charge in [0, 0.05) is 31.3 Å². The van der Waals surface area contributed by atoms with Gasteiger partial charge < -0.3 is 5.11 Å². The molecule has 1 aliphatic carbocycles. The number of phenols is 1. The number of hydrogen-bond donors (Lipinski definition) is 1. The fourth-order valence-corrected chi connectivity index (χ4v) is 6.06. The lowest BCUT2D eigenvalue weighted by molar-refractivity contribution is 0.299. The van der Waals surface area contributed by atoms with Crippen LogP contribution in [0.25, 0.3) is 11.3 Å². The van der Waals surface area contributed by atoms with Crippen LogP contribution in [0.3, 0.4) is 0 Å². The van der Waals surface area contributed by atoms with Crippen LogP contribution in [0.5, 0.6) is 5.75 Å². The molecule has 0 spiro atoms. The van der Waals surface area contributed by atoms with E-state index in [2.05, 4.69) is 4.98 Å². The largest absolute Gasteiger partial charge is 0.506 e. The summed E-state index contributed by atoms with van der Waals surface area (Å²) in [6.07, 6.45) is 12.6. The van der Waals surface area contributed by atoms with Gasteiger partial charge in [0.25, 0.3) is 0 Å². The summed E-state index contributed by atoms with van der Waals surface area (Å²) in [7, 11) is -3.30. The van der Waals surface area contributed by atoms with E-state index in [1.54, 1.807) is 22.6 Å². The summed E-state index contributed by atoms with van der Waals surface area (Å²) in [5.74, 6) is 1.49. The number of sulfonamides is 1. The number of aromatic hydroxyl groups is 1. The molecule has 0 bridgehead atoms. The molecule has 0 unspecified atom stereocenters. The second kappa shape index (κ2) is 12.9. The molecule has 2 aromatic carbocycles. The van der Waals surface area contributed by atoms with Gasteiger partial charge in [-0.15, -0.1) is 0 Å². The van der Waals surface area contributed by atoms with Crippen molar-refractivity contribution in [3.8, 4) is 17.0 Å². The molecule has 6 nitrogen and oxygen atoms in total. The van der Waals surface area contributed by atoms with E-state index in [0.29, 0.717) is 24.0 Å². The molecule has 1 aromatic heterocycles. The molecule has 0 atom stereocenters. The minimum Gasteiger partial charge on any atom is -0.506 e. The van der Waals surface area contributed by atoms with E-state index in [9.17, 15) is 13.5 Å². The highest BCUT2D eigenvalue weighted by atomic mass is 35.5. The highest BCUT2D eigenvalue weighted by Crippen LogP contribution is 2.28. The first kappa shape index (κ1) is 27.6. The molecule has 0 amide bonds. The maximum atomic E-state index is 12.5. The van der Waals surface area contributed by atoms with Gasteiger partial charge in [0.05, 0.1) is 17.0 Å². The van der Waals surface area contributed by atoms with Crippen molar-refractivity contribution in [1.29, 1.82) is 0 Å². The summed E-state index contributed by atoms with van der Waals surface area (Å²) in [5, 5.41) is 9.95. The molecule has 0 aliphatic heterocycles. The van der Waals surface area contributed by atoms with Crippen LogP contribution in [0.15, 0.2) is 54.7 Å². The van der Waals surface area contributed by atoms with Gasteiger partial charge in [0.15, 0.2) is 0 Å². The lowest BCUT2D eigenvalue weighted by Gasteiger charge is -2.26. The SMILES string of the molecule is CS(=O)(=O)N(CCC1CCCCC1)Cc1cccc(-c2ccnc(CCCc3ccc(O)c(Cl)c3)n2)c1. The van der Waals surface area contributed by atoms with E-state index in [0.717, 1.165) is 53.9 Å². The van der Waals surface area contributed by atoms with Crippen LogP contribution in [0.4, 0.5) is 0 Å². The standard InChI is InChI=1S/C29H36ClN3O3S/c1-37(35,36)33(18-16-22-7-3-2-4-8-22)21-24-10-5-11-25(19-24)27-15-17-31-29(32-27)12-6-9-23-13-14-28(34)26(30)20-23/h5,10-11,13-15,17,19-20,22,34H,2-4,6-9,12,16,18,21H2,1H3. The lowest BCUT2D eigenvalue weighted by Crippen LogP contribution is -2.31. The predicted molar refractivity (Wildman–Crippen MR) is 149 cm³/mol. The average molecular weight is 542 g/mol. The number of rotatable bonds is 11. The van der Waals surface area contributed by atoms with Crippen molar-refractivity contribution >= 4 is 21.6 Å². The molecule has 0 saturated heterocycles. The third-order valence-electron chi connectivity index (χ3n) is 7.15. The zero-order valence-electron chi connectivity index (χ0n) is 21.4. The summed E-state index contributed by atoms with van der Waals surface area (Å²) in [4.78, 5) is 9.20. The van der Waals surface area contributed by atoms with Crippen LogP contribution in [-0.4, -0.2) is 40.6 Å². The summed E-state index contributed by atoms with van der Waals surface area (Å²) < 4.78 is 26.7. The van der Waals surface area contributed by atoms with Crippen LogP contribution in [0, 0.1) is 5.92 Å². The number of aromatic nitrogens is 2. The van der Waals surface area contributed by atoms with Crippen LogP contribution < -0.4 is 0 Å². The van der Waals surface area contributed by atoms with E-state index in [-0.39, 0.29) is 5.75 Å². The summed E-state index contributed by atoms with van der Waals surface area (Å²) in [6, 6.07) is 15.1. The fourth-order valence-electron chi connectivity index (χ4n) is 5.03. The zero-order valence-corrected chi connectivity index (χ0v) is 23.0. The van der Waals surface area contributed by atoms with E-state index in [1.165, 1.54) is 38.4 Å². The van der Waals surface area contributed by atoms with Crippen molar-refractivity contribution in [3.05, 3.63) is 76.7 Å². The molecule has 3 aromatic rings. The van der Waals surface area contributed by atoms with Crippen LogP contribution in [0.1, 0.15) is 61.9 Å². The van der Waals surface area contributed by atoms with Crippen molar-refractivity contribution in [2.75, 3.05) is 12.8 Å². The normalized spacial score (nSPS) is 14.8. The maximum absolute atomic E-state index is 12.5. The molecular formula is C29H36ClN3O3S. The predicted octanol–water partition coefficient (Wildman–Crippen LogP) is 6.41. The third kappa shape index (κ3) is 8.25. The monoisotopic (exact) mass is 541 g/mol. The molecule has 1 aliphatic rings. The second-order valence-corrected chi connectivity index (χ2v) is 12.5. The van der Waals surface area contributed by atoms with Gasteiger partial charge >= 0.3 is 0 Å². The van der Waals surface area contributed by atoms with Gasteiger partial charge in [-0.3, -0.25) is 0 Å². The molecule has 198 valence electrons. The topological polar surface area (TPSA) is 83.4 Å². The highest BCUT2D eigenvalue weighted by molar-refractivity contribution is 7.88. The minimum atomic E-state index is -3.30. The van der Waals surface area contributed by atoms with Crippen molar-refractivity contribution in [3.63, 3.8) is 0 Å². The van der Waals surface area contributed by atoms with E-state index < -0.39 is 10.0 Å². The smallest absolute Gasteiger partial charge is 0.211 e.